The van der Waals surface area contributed by atoms with Crippen LogP contribution in [0.15, 0.2) is 22.7 Å². The third-order valence-electron chi connectivity index (χ3n) is 1.19. The van der Waals surface area contributed by atoms with E-state index >= 15 is 0 Å². The van der Waals surface area contributed by atoms with Crippen LogP contribution in [-0.4, -0.2) is 13.1 Å². The first-order valence-corrected chi connectivity index (χ1v) is 3.79. The molecule has 0 aliphatic rings. The summed E-state index contributed by atoms with van der Waals surface area (Å²) in [6.45, 7) is 0. The first-order valence-electron chi connectivity index (χ1n) is 2.99. The second-order valence-corrected chi connectivity index (χ2v) is 2.77. The number of ether oxygens (including phenoxy) is 1. The van der Waals surface area contributed by atoms with Crippen LogP contribution in [0.2, 0.25) is 0 Å². The van der Waals surface area contributed by atoms with Crippen LogP contribution < -0.4 is 0 Å². The van der Waals surface area contributed by atoms with Crippen LogP contribution in [0.25, 0.3) is 0 Å². The molecule has 0 heterocycles. The number of hydrogen-bond acceptors (Lipinski definition) is 2. The molecule has 1 radical (unpaired) electrons. The summed E-state index contributed by atoms with van der Waals surface area (Å²) < 4.78 is 5.27. The summed E-state index contributed by atoms with van der Waals surface area (Å²) in [4.78, 5) is 10.9. The average Bonchev–Trinajstić information content (AvgIpc) is 2.03. The largest absolute Gasteiger partial charge is 0.465 e. The predicted molar refractivity (Wildman–Crippen MR) is 44.3 cm³/mol. The molecule has 1 rings (SSSR count). The maximum Gasteiger partial charge on any atom is 0.337 e. The van der Waals surface area contributed by atoms with Gasteiger partial charge in [0.2, 0.25) is 0 Å². The fraction of sp³-hybridized carbons (Fsp3) is 0.125. The van der Waals surface area contributed by atoms with E-state index < -0.39 is 0 Å². The van der Waals surface area contributed by atoms with Gasteiger partial charge in [-0.3, -0.25) is 0 Å². The van der Waals surface area contributed by atoms with Crippen molar-refractivity contribution in [1.82, 2.24) is 0 Å². The molecule has 0 amide bonds. The van der Waals surface area contributed by atoms with Gasteiger partial charge in [-0.25, -0.2) is 4.79 Å². The van der Waals surface area contributed by atoms with Gasteiger partial charge in [-0.1, -0.05) is 22.0 Å². The van der Waals surface area contributed by atoms with E-state index in [1.54, 1.807) is 18.2 Å². The lowest BCUT2D eigenvalue weighted by molar-refractivity contribution is 0.0600. The Balaban J connectivity index is 2.96. The van der Waals surface area contributed by atoms with Gasteiger partial charge in [0.15, 0.2) is 0 Å². The maximum absolute atomic E-state index is 10.9. The number of carbonyl (C=O) groups is 1. The van der Waals surface area contributed by atoms with Gasteiger partial charge in [-0.2, -0.15) is 0 Å². The molecule has 0 atom stereocenters. The van der Waals surface area contributed by atoms with E-state index in [4.69, 9.17) is 0 Å². The van der Waals surface area contributed by atoms with Crippen molar-refractivity contribution >= 4 is 21.9 Å². The summed E-state index contributed by atoms with van der Waals surface area (Å²) in [6.07, 6.45) is 0. The molecule has 0 saturated carbocycles. The Morgan fingerprint density at radius 1 is 1.73 bits per heavy atom. The molecule has 0 aromatic heterocycles. The number of benzene rings is 1. The average molecular weight is 214 g/mol. The van der Waals surface area contributed by atoms with Gasteiger partial charge in [-0.15, -0.1) is 0 Å². The van der Waals surface area contributed by atoms with Crippen LogP contribution in [0.3, 0.4) is 0 Å². The number of methoxy groups -OCH3 is 1. The topological polar surface area (TPSA) is 26.3 Å². The van der Waals surface area contributed by atoms with Gasteiger partial charge >= 0.3 is 5.97 Å². The Morgan fingerprint density at radius 2 is 2.45 bits per heavy atom. The van der Waals surface area contributed by atoms with E-state index in [0.29, 0.717) is 5.56 Å². The van der Waals surface area contributed by atoms with E-state index in [1.165, 1.54) is 7.11 Å². The van der Waals surface area contributed by atoms with Crippen molar-refractivity contribution in [2.24, 2.45) is 0 Å². The summed E-state index contributed by atoms with van der Waals surface area (Å²) in [7, 11) is 1.35. The van der Waals surface area contributed by atoms with Crippen molar-refractivity contribution in [2.45, 2.75) is 0 Å². The monoisotopic (exact) mass is 213 g/mol. The number of halogens is 1. The molecule has 11 heavy (non-hydrogen) atoms. The normalized spacial score (nSPS) is 9.27. The predicted octanol–water partition coefficient (Wildman–Crippen LogP) is 2.04. The van der Waals surface area contributed by atoms with Gasteiger partial charge < -0.3 is 4.74 Å². The van der Waals surface area contributed by atoms with Gasteiger partial charge in [0.05, 0.1) is 12.7 Å². The third-order valence-corrected chi connectivity index (χ3v) is 1.65. The highest BCUT2D eigenvalue weighted by Gasteiger charge is 2.03. The van der Waals surface area contributed by atoms with Crippen molar-refractivity contribution in [3.8, 4) is 0 Å². The van der Waals surface area contributed by atoms with E-state index in [0.717, 1.165) is 4.47 Å². The molecule has 0 aliphatic carbocycles. The molecule has 0 unspecified atom stereocenters. The highest BCUT2D eigenvalue weighted by atomic mass is 79.9. The number of rotatable bonds is 1. The first-order chi connectivity index (χ1) is 5.24. The summed E-state index contributed by atoms with van der Waals surface area (Å²) in [5.74, 6) is -0.334. The maximum atomic E-state index is 10.9. The minimum absolute atomic E-state index is 0.334. The van der Waals surface area contributed by atoms with Crippen LogP contribution in [0.1, 0.15) is 10.4 Å². The fourth-order valence-corrected chi connectivity index (χ4v) is 1.06. The van der Waals surface area contributed by atoms with Crippen molar-refractivity contribution in [2.75, 3.05) is 7.11 Å². The fourth-order valence-electron chi connectivity index (χ4n) is 0.682. The molecule has 0 aliphatic heterocycles. The Bertz CT molecular complexity index is 271. The van der Waals surface area contributed by atoms with Crippen LogP contribution in [0.5, 0.6) is 0 Å². The molecule has 0 bridgehead atoms. The first kappa shape index (κ1) is 8.27. The van der Waals surface area contributed by atoms with E-state index in [2.05, 4.69) is 26.7 Å². The minimum Gasteiger partial charge on any atom is -0.465 e. The number of esters is 1. The van der Waals surface area contributed by atoms with E-state index in [1.807, 2.05) is 0 Å². The Kier molecular flexibility index (Phi) is 2.65. The Hall–Kier alpha value is -0.830. The minimum atomic E-state index is -0.334. The lowest BCUT2D eigenvalue weighted by Gasteiger charge is -1.97. The zero-order valence-electron chi connectivity index (χ0n) is 5.93. The van der Waals surface area contributed by atoms with Gasteiger partial charge in [0.25, 0.3) is 0 Å². The second-order valence-electron chi connectivity index (χ2n) is 1.92. The molecule has 0 spiro atoms. The molecular formula is C8H6BrO2. The molecule has 3 heteroatoms. The van der Waals surface area contributed by atoms with Crippen molar-refractivity contribution in [3.05, 3.63) is 34.3 Å². The summed E-state index contributed by atoms with van der Waals surface area (Å²) in [5.41, 5.74) is 0.526. The van der Waals surface area contributed by atoms with Gasteiger partial charge in [0.1, 0.15) is 0 Å². The quantitative estimate of drug-likeness (QED) is 0.668. The molecule has 2 nitrogen and oxygen atoms in total. The van der Waals surface area contributed by atoms with E-state index in [-0.39, 0.29) is 5.97 Å². The molecule has 57 valence electrons. The van der Waals surface area contributed by atoms with Crippen LogP contribution in [0.4, 0.5) is 0 Å². The molecule has 0 saturated heterocycles. The molecule has 1 aromatic carbocycles. The zero-order valence-corrected chi connectivity index (χ0v) is 7.51. The smallest absolute Gasteiger partial charge is 0.337 e. The lowest BCUT2D eigenvalue weighted by Crippen LogP contribution is -2.00. The van der Waals surface area contributed by atoms with Gasteiger partial charge in [-0.05, 0) is 18.2 Å². The number of carbonyl (C=O) groups excluding carboxylic acids is 1. The van der Waals surface area contributed by atoms with Crippen LogP contribution in [-0.2, 0) is 4.74 Å². The van der Waals surface area contributed by atoms with Gasteiger partial charge in [0, 0.05) is 4.47 Å². The zero-order chi connectivity index (χ0) is 8.27. The number of hydrogen-bond donors (Lipinski definition) is 0. The van der Waals surface area contributed by atoms with Crippen molar-refractivity contribution < 1.29 is 9.53 Å². The van der Waals surface area contributed by atoms with Crippen molar-refractivity contribution in [3.63, 3.8) is 0 Å². The Labute approximate surface area is 73.3 Å². The highest BCUT2D eigenvalue weighted by Crippen LogP contribution is 2.11. The second kappa shape index (κ2) is 3.53. The standard InChI is InChI=1S/C8H6BrO2/c1-11-8(10)6-3-2-4-7(9)5-6/h2-3,5H,1H3. The van der Waals surface area contributed by atoms with Crippen LogP contribution in [0, 0.1) is 6.07 Å². The Morgan fingerprint density at radius 3 is 3.00 bits per heavy atom. The summed E-state index contributed by atoms with van der Waals surface area (Å²) >= 11 is 3.20. The molecule has 0 fully saturated rings. The van der Waals surface area contributed by atoms with Crippen LogP contribution >= 0.6 is 15.9 Å². The third kappa shape index (κ3) is 2.05. The molecule has 0 N–H and O–H groups in total. The molecule has 1 aromatic rings. The summed E-state index contributed by atoms with van der Waals surface area (Å²) in [5, 5.41) is 0. The summed E-state index contributed by atoms with van der Waals surface area (Å²) in [6, 6.07) is 7.83. The molecular weight excluding hydrogens is 208 g/mol. The van der Waals surface area contributed by atoms with Crippen molar-refractivity contribution in [1.29, 1.82) is 0 Å². The van der Waals surface area contributed by atoms with E-state index in [9.17, 15) is 4.79 Å². The highest BCUT2D eigenvalue weighted by molar-refractivity contribution is 9.10. The SMILES string of the molecule is COC(=O)c1cc[c]c(Br)c1. The lowest BCUT2D eigenvalue weighted by atomic mass is 10.2.